The summed E-state index contributed by atoms with van der Waals surface area (Å²) in [7, 11) is 0. The summed E-state index contributed by atoms with van der Waals surface area (Å²) < 4.78 is 0. The highest BCUT2D eigenvalue weighted by atomic mass is 16.3. The fourth-order valence-corrected chi connectivity index (χ4v) is 1.89. The molecule has 0 aliphatic rings. The molecule has 0 saturated heterocycles. The fourth-order valence-electron chi connectivity index (χ4n) is 1.89. The maximum absolute atomic E-state index is 9.88. The quantitative estimate of drug-likeness (QED) is 0.635. The van der Waals surface area contributed by atoms with Gasteiger partial charge in [0.15, 0.2) is 0 Å². The number of unbranched alkanes of at least 4 members (excludes halogenated alkanes) is 1. The maximum atomic E-state index is 9.88. The average Bonchev–Trinajstić information content (AvgIpc) is 2.18. The van der Waals surface area contributed by atoms with Crippen LogP contribution in [0.2, 0.25) is 0 Å². The molecule has 2 heteroatoms. The largest absolute Gasteiger partial charge is 0.393 e. The first-order chi connectivity index (χ1) is 6.67. The van der Waals surface area contributed by atoms with Crippen LogP contribution in [-0.2, 0) is 0 Å². The second-order valence-corrected chi connectivity index (χ2v) is 4.14. The van der Waals surface area contributed by atoms with Crippen LogP contribution in [0, 0.1) is 5.92 Å². The molecule has 0 bridgehead atoms. The summed E-state index contributed by atoms with van der Waals surface area (Å²) in [5, 5.41) is 19.7. The minimum absolute atomic E-state index is 0.0832. The van der Waals surface area contributed by atoms with Crippen molar-refractivity contribution in [3.05, 3.63) is 0 Å². The molecule has 3 atom stereocenters. The van der Waals surface area contributed by atoms with Gasteiger partial charge in [-0.1, -0.05) is 40.0 Å². The Kier molecular flexibility index (Phi) is 8.20. The molecule has 0 aromatic heterocycles. The van der Waals surface area contributed by atoms with E-state index in [4.69, 9.17) is 0 Å². The molecule has 2 N–H and O–H groups in total. The predicted molar refractivity (Wildman–Crippen MR) is 60.2 cm³/mol. The Hall–Kier alpha value is -0.0800. The Morgan fingerprint density at radius 2 is 1.50 bits per heavy atom. The molecule has 0 aromatic rings. The van der Waals surface area contributed by atoms with Crippen LogP contribution in [0.5, 0.6) is 0 Å². The lowest BCUT2D eigenvalue weighted by Crippen LogP contribution is -2.31. The Bertz CT molecular complexity index is 125. The highest BCUT2D eigenvalue weighted by molar-refractivity contribution is 4.75. The van der Waals surface area contributed by atoms with Crippen LogP contribution in [0.1, 0.15) is 59.3 Å². The molecule has 0 spiro atoms. The molecule has 0 rings (SSSR count). The van der Waals surface area contributed by atoms with Gasteiger partial charge >= 0.3 is 0 Å². The topological polar surface area (TPSA) is 40.5 Å². The minimum Gasteiger partial charge on any atom is -0.393 e. The Morgan fingerprint density at radius 1 is 0.857 bits per heavy atom. The zero-order valence-electron chi connectivity index (χ0n) is 9.87. The van der Waals surface area contributed by atoms with Crippen LogP contribution < -0.4 is 0 Å². The first-order valence-electron chi connectivity index (χ1n) is 6.03. The molecule has 2 nitrogen and oxygen atoms in total. The molecule has 0 aromatic carbocycles. The SMILES string of the molecule is CCCCC(C(O)CC)C(O)CCC. The van der Waals surface area contributed by atoms with Gasteiger partial charge in [-0.3, -0.25) is 0 Å². The van der Waals surface area contributed by atoms with Crippen molar-refractivity contribution in [2.75, 3.05) is 0 Å². The van der Waals surface area contributed by atoms with Gasteiger partial charge in [0.25, 0.3) is 0 Å². The predicted octanol–water partition coefficient (Wildman–Crippen LogP) is 2.72. The molecule has 0 fully saturated rings. The highest BCUT2D eigenvalue weighted by Crippen LogP contribution is 2.22. The van der Waals surface area contributed by atoms with E-state index in [-0.39, 0.29) is 18.1 Å². The van der Waals surface area contributed by atoms with Gasteiger partial charge in [0.2, 0.25) is 0 Å². The van der Waals surface area contributed by atoms with Gasteiger partial charge in [0.1, 0.15) is 0 Å². The Labute approximate surface area is 88.3 Å². The van der Waals surface area contributed by atoms with Crippen LogP contribution in [0.15, 0.2) is 0 Å². The van der Waals surface area contributed by atoms with Gasteiger partial charge in [-0.25, -0.2) is 0 Å². The van der Waals surface area contributed by atoms with E-state index in [9.17, 15) is 10.2 Å². The van der Waals surface area contributed by atoms with Crippen LogP contribution >= 0.6 is 0 Å². The molecular weight excluding hydrogens is 176 g/mol. The van der Waals surface area contributed by atoms with Gasteiger partial charge < -0.3 is 10.2 Å². The van der Waals surface area contributed by atoms with Crippen LogP contribution in [0.4, 0.5) is 0 Å². The van der Waals surface area contributed by atoms with E-state index in [0.717, 1.165) is 38.5 Å². The molecule has 3 unspecified atom stereocenters. The average molecular weight is 202 g/mol. The molecule has 86 valence electrons. The molecule has 0 aliphatic carbocycles. The summed E-state index contributed by atoms with van der Waals surface area (Å²) in [5.74, 6) is 0.0832. The van der Waals surface area contributed by atoms with Gasteiger partial charge in [-0.2, -0.15) is 0 Å². The third kappa shape index (κ3) is 4.97. The molecule has 0 aliphatic heterocycles. The monoisotopic (exact) mass is 202 g/mol. The standard InChI is InChI=1S/C12H26O2/c1-4-7-9-10(11(13)6-3)12(14)8-5-2/h10-14H,4-9H2,1-3H3. The number of aliphatic hydroxyl groups excluding tert-OH is 2. The molecule has 0 saturated carbocycles. The summed E-state index contributed by atoms with van der Waals surface area (Å²) in [6.07, 6.45) is 5.08. The summed E-state index contributed by atoms with van der Waals surface area (Å²) in [6, 6.07) is 0. The lowest BCUT2D eigenvalue weighted by molar-refractivity contribution is 0.00111. The van der Waals surface area contributed by atoms with Gasteiger partial charge in [0.05, 0.1) is 12.2 Å². The first kappa shape index (κ1) is 13.9. The summed E-state index contributed by atoms with van der Waals surface area (Å²) in [5.41, 5.74) is 0. The number of hydrogen-bond donors (Lipinski definition) is 2. The molecule has 14 heavy (non-hydrogen) atoms. The minimum atomic E-state index is -0.330. The molecular formula is C12H26O2. The van der Waals surface area contributed by atoms with E-state index in [0.29, 0.717) is 0 Å². The van der Waals surface area contributed by atoms with Gasteiger partial charge in [0, 0.05) is 5.92 Å². The lowest BCUT2D eigenvalue weighted by Gasteiger charge is -2.26. The molecule has 0 heterocycles. The second kappa shape index (κ2) is 8.25. The highest BCUT2D eigenvalue weighted by Gasteiger charge is 2.24. The van der Waals surface area contributed by atoms with E-state index in [2.05, 4.69) is 13.8 Å². The van der Waals surface area contributed by atoms with Crippen molar-refractivity contribution in [3.63, 3.8) is 0 Å². The van der Waals surface area contributed by atoms with Crippen molar-refractivity contribution in [1.29, 1.82) is 0 Å². The van der Waals surface area contributed by atoms with E-state index in [1.165, 1.54) is 0 Å². The first-order valence-corrected chi connectivity index (χ1v) is 6.03. The van der Waals surface area contributed by atoms with Crippen LogP contribution in [0.25, 0.3) is 0 Å². The Balaban J connectivity index is 4.07. The van der Waals surface area contributed by atoms with Crippen molar-refractivity contribution in [2.24, 2.45) is 5.92 Å². The smallest absolute Gasteiger partial charge is 0.0593 e. The number of hydrogen-bond acceptors (Lipinski definition) is 2. The van der Waals surface area contributed by atoms with Crippen molar-refractivity contribution in [1.82, 2.24) is 0 Å². The number of aliphatic hydroxyl groups is 2. The van der Waals surface area contributed by atoms with E-state index < -0.39 is 0 Å². The van der Waals surface area contributed by atoms with E-state index in [1.54, 1.807) is 0 Å². The summed E-state index contributed by atoms with van der Waals surface area (Å²) >= 11 is 0. The van der Waals surface area contributed by atoms with E-state index in [1.807, 2.05) is 6.92 Å². The summed E-state index contributed by atoms with van der Waals surface area (Å²) in [4.78, 5) is 0. The third-order valence-corrected chi connectivity index (χ3v) is 2.88. The van der Waals surface area contributed by atoms with Crippen LogP contribution in [-0.4, -0.2) is 22.4 Å². The third-order valence-electron chi connectivity index (χ3n) is 2.88. The Morgan fingerprint density at radius 3 is 1.93 bits per heavy atom. The summed E-state index contributed by atoms with van der Waals surface area (Å²) in [6.45, 7) is 6.18. The normalized spacial score (nSPS) is 17.8. The lowest BCUT2D eigenvalue weighted by atomic mass is 9.87. The van der Waals surface area contributed by atoms with Crippen molar-refractivity contribution in [3.8, 4) is 0 Å². The van der Waals surface area contributed by atoms with Crippen molar-refractivity contribution < 1.29 is 10.2 Å². The molecule has 0 amide bonds. The van der Waals surface area contributed by atoms with Crippen LogP contribution in [0.3, 0.4) is 0 Å². The zero-order chi connectivity index (χ0) is 11.0. The maximum Gasteiger partial charge on any atom is 0.0593 e. The molecule has 0 radical (unpaired) electrons. The fraction of sp³-hybridized carbons (Fsp3) is 1.00. The van der Waals surface area contributed by atoms with Gasteiger partial charge in [-0.15, -0.1) is 0 Å². The van der Waals surface area contributed by atoms with Gasteiger partial charge in [-0.05, 0) is 19.3 Å². The van der Waals surface area contributed by atoms with Crippen molar-refractivity contribution in [2.45, 2.75) is 71.5 Å². The van der Waals surface area contributed by atoms with Crippen molar-refractivity contribution >= 4 is 0 Å². The number of rotatable bonds is 8. The second-order valence-electron chi connectivity index (χ2n) is 4.14. The zero-order valence-corrected chi connectivity index (χ0v) is 9.87. The van der Waals surface area contributed by atoms with E-state index >= 15 is 0 Å².